The van der Waals surface area contributed by atoms with Crippen LogP contribution >= 0.6 is 0 Å². The van der Waals surface area contributed by atoms with E-state index in [9.17, 15) is 38.4 Å². The molecule has 4 aliphatic heterocycles. The maximum atomic E-state index is 13.8. The molecule has 8 atom stereocenters. The number of carboxylic acid groups (broad SMARTS) is 1. The Kier molecular flexibility index (Phi) is 29.5. The molecule has 0 aromatic heterocycles. The van der Waals surface area contributed by atoms with E-state index in [0.717, 1.165) is 35.3 Å². The molecule has 0 bridgehead atoms. The Morgan fingerprint density at radius 2 is 0.897 bits per heavy atom. The van der Waals surface area contributed by atoms with Gasteiger partial charge in [0.05, 0.1) is 91.1 Å². The van der Waals surface area contributed by atoms with E-state index in [4.69, 9.17) is 39.3 Å². The molecule has 0 saturated carbocycles. The quantitative estimate of drug-likeness (QED) is 0.0462. The topological polar surface area (TPSA) is 287 Å². The molecule has 4 saturated heterocycles. The average Bonchev–Trinajstić information content (AvgIpc) is 2.59. The van der Waals surface area contributed by atoms with Crippen LogP contribution in [-0.2, 0) is 83.0 Å². The van der Waals surface area contributed by atoms with E-state index in [1.807, 2.05) is 107 Å². The summed E-state index contributed by atoms with van der Waals surface area (Å²) in [6.07, 6.45) is 1.17. The molecule has 8 rings (SSSR count). The lowest BCUT2D eigenvalue weighted by Crippen LogP contribution is -2.50. The van der Waals surface area contributed by atoms with Crippen LogP contribution in [0.2, 0.25) is 0 Å². The minimum absolute atomic E-state index is 0. The molecule has 3 amide bonds. The zero-order valence-electron chi connectivity index (χ0n) is 49.7. The van der Waals surface area contributed by atoms with E-state index < -0.39 is 59.1 Å². The lowest BCUT2D eigenvalue weighted by atomic mass is 9.89. The molecule has 4 aromatic rings. The molecule has 4 heterocycles. The standard InChI is InChI=1S/C32H41N3O7.C26H32N2O5.C6H11NO3.2CH4/c1-22(33-29(37)20-35-13-15-41-16-14-35)28(36)19-25(17-24-9-11-26(40-3)12-10-24)31(39)34-27(30(38)32(2)21-42-32)18-23-7-5-4-6-8-23;1-17(27)23(29)15-20(13-19-9-11-21(32-3)12-10-19)25(31)28-22(24(30)26(2)16-33-26)14-18-7-5-4-6-8-18;8-6(9)5-7-1-3-10-4-2-7;;/h4-12,22,25,27H,13-21H2,1-3H3,(H,33,37)(H,34,39);4-12,17,20,22H,13-16,27H2,1-3H3,(H,28,31);1-5H2,(H,8,9);2*1H4/t22-,25+,27-,32+;17-,20+,22-,26+;;;/m00.../s1. The Hall–Kier alpha value is -7.24. The van der Waals surface area contributed by atoms with Gasteiger partial charge in [-0.1, -0.05) is 99.8 Å². The molecule has 21 nitrogen and oxygen atoms in total. The Morgan fingerprint density at radius 1 is 0.540 bits per heavy atom. The number of morpholine rings is 2. The number of carbonyl (C=O) groups is 8. The van der Waals surface area contributed by atoms with Gasteiger partial charge in [0.15, 0.2) is 17.3 Å². The number of hydrogen-bond donors (Lipinski definition) is 5. The molecule has 21 heteroatoms. The zero-order chi connectivity index (χ0) is 61.5. The van der Waals surface area contributed by atoms with E-state index in [2.05, 4.69) is 16.0 Å². The van der Waals surface area contributed by atoms with Crippen LogP contribution in [-0.4, -0.2) is 190 Å². The van der Waals surface area contributed by atoms with Crippen LogP contribution in [0, 0.1) is 11.8 Å². The number of ketones is 4. The highest BCUT2D eigenvalue weighted by molar-refractivity contribution is 5.99. The fourth-order valence-electron chi connectivity index (χ4n) is 9.67. The van der Waals surface area contributed by atoms with Gasteiger partial charge >= 0.3 is 5.97 Å². The first-order chi connectivity index (χ1) is 40.7. The van der Waals surface area contributed by atoms with Crippen LogP contribution in [0.1, 0.15) is 77.6 Å². The van der Waals surface area contributed by atoms with Crippen molar-refractivity contribution in [3.8, 4) is 11.5 Å². The number of amides is 3. The number of nitrogens with two attached hydrogens (primary N) is 1. The van der Waals surface area contributed by atoms with Gasteiger partial charge in [0, 0.05) is 50.9 Å². The molecule has 4 fully saturated rings. The van der Waals surface area contributed by atoms with Gasteiger partial charge in [-0.3, -0.25) is 48.2 Å². The molecule has 4 aliphatic rings. The molecule has 0 radical (unpaired) electrons. The molecule has 0 aliphatic carbocycles. The van der Waals surface area contributed by atoms with Crippen molar-refractivity contribution >= 4 is 46.8 Å². The van der Waals surface area contributed by atoms with Crippen molar-refractivity contribution in [1.29, 1.82) is 0 Å². The highest BCUT2D eigenvalue weighted by Crippen LogP contribution is 2.31. The van der Waals surface area contributed by atoms with Gasteiger partial charge in [0.1, 0.15) is 28.5 Å². The zero-order valence-corrected chi connectivity index (χ0v) is 49.7. The Bertz CT molecular complexity index is 2820. The third-order valence-electron chi connectivity index (χ3n) is 15.2. The van der Waals surface area contributed by atoms with Crippen molar-refractivity contribution in [2.24, 2.45) is 17.6 Å². The highest BCUT2D eigenvalue weighted by Gasteiger charge is 2.51. The maximum absolute atomic E-state index is 13.8. The summed E-state index contributed by atoms with van der Waals surface area (Å²) in [5.41, 5.74) is 7.53. The lowest BCUT2D eigenvalue weighted by molar-refractivity contribution is -0.139. The second kappa shape index (κ2) is 35.5. The lowest BCUT2D eigenvalue weighted by Gasteiger charge is -2.27. The van der Waals surface area contributed by atoms with Crippen molar-refractivity contribution in [1.82, 2.24) is 25.8 Å². The fraction of sp³-hybridized carbons (Fsp3) is 0.515. The SMILES string of the molecule is C.C.COc1ccc(C[C@H](CC(=O)[C@H](C)N)C(=O)N[C@@H](Cc2ccccc2)C(=O)[C@@]2(C)CO2)cc1.COc1ccc(C[C@H](CC(=O)[C@H](C)NC(=O)CN2CCOCC2)C(=O)N[C@@H](Cc2ccccc2)C(=O)[C@@]2(C)CO2)cc1.O=C(O)CN1CCOCC1. The number of nitrogens with zero attached hydrogens (tertiary/aromatic N) is 2. The summed E-state index contributed by atoms with van der Waals surface area (Å²) in [7, 11) is 3.16. The maximum Gasteiger partial charge on any atom is 0.317 e. The summed E-state index contributed by atoms with van der Waals surface area (Å²) in [4.78, 5) is 106. The van der Waals surface area contributed by atoms with Crippen LogP contribution in [0.4, 0.5) is 0 Å². The number of benzene rings is 4. The summed E-state index contributed by atoms with van der Waals surface area (Å²) in [5.74, 6) is -2.62. The summed E-state index contributed by atoms with van der Waals surface area (Å²) in [5, 5.41) is 17.0. The van der Waals surface area contributed by atoms with Gasteiger partial charge < -0.3 is 55.2 Å². The summed E-state index contributed by atoms with van der Waals surface area (Å²) in [6, 6.07) is 30.6. The van der Waals surface area contributed by atoms with Crippen LogP contribution in [0.5, 0.6) is 11.5 Å². The number of rotatable bonds is 29. The van der Waals surface area contributed by atoms with Gasteiger partial charge in [-0.25, -0.2) is 0 Å². The first-order valence-corrected chi connectivity index (χ1v) is 28.9. The molecule has 6 N–H and O–H groups in total. The molecule has 476 valence electrons. The Labute approximate surface area is 512 Å². The van der Waals surface area contributed by atoms with Gasteiger partial charge in [-0.2, -0.15) is 0 Å². The third-order valence-corrected chi connectivity index (χ3v) is 15.2. The number of carboxylic acids is 1. The number of methoxy groups -OCH3 is 2. The minimum Gasteiger partial charge on any atom is -0.497 e. The van der Waals surface area contributed by atoms with Gasteiger partial charge in [-0.05, 0) is 99.9 Å². The van der Waals surface area contributed by atoms with E-state index in [1.165, 1.54) is 0 Å². The summed E-state index contributed by atoms with van der Waals surface area (Å²) < 4.78 is 31.6. The van der Waals surface area contributed by atoms with E-state index in [-0.39, 0.29) is 82.2 Å². The molecule has 0 unspecified atom stereocenters. The number of nitrogens with one attached hydrogen (secondary N) is 3. The highest BCUT2D eigenvalue weighted by atomic mass is 16.6. The smallest absolute Gasteiger partial charge is 0.317 e. The largest absolute Gasteiger partial charge is 0.497 e. The molecule has 87 heavy (non-hydrogen) atoms. The van der Waals surface area contributed by atoms with E-state index in [0.29, 0.717) is 83.5 Å². The molecular weight excluding hydrogens is 1120 g/mol. The molecule has 4 aromatic carbocycles. The van der Waals surface area contributed by atoms with Crippen LogP contribution in [0.15, 0.2) is 109 Å². The van der Waals surface area contributed by atoms with E-state index in [1.54, 1.807) is 54.0 Å². The number of ether oxygens (including phenoxy) is 6. The number of hydrogen-bond acceptors (Lipinski definition) is 17. The molecular formula is C66H92N6O15. The second-order valence-electron chi connectivity index (χ2n) is 22.4. The van der Waals surface area contributed by atoms with Crippen molar-refractivity contribution in [3.63, 3.8) is 0 Å². The second-order valence-corrected chi connectivity index (χ2v) is 22.4. The van der Waals surface area contributed by atoms with Crippen LogP contribution in [0.3, 0.4) is 0 Å². The van der Waals surface area contributed by atoms with Gasteiger partial charge in [0.2, 0.25) is 17.7 Å². The van der Waals surface area contributed by atoms with Crippen LogP contribution in [0.25, 0.3) is 0 Å². The van der Waals surface area contributed by atoms with Crippen molar-refractivity contribution in [2.75, 3.05) is 93.1 Å². The molecule has 0 spiro atoms. The van der Waals surface area contributed by atoms with Gasteiger partial charge in [0.25, 0.3) is 0 Å². The third kappa shape index (κ3) is 24.1. The van der Waals surface area contributed by atoms with E-state index >= 15 is 0 Å². The van der Waals surface area contributed by atoms with Crippen molar-refractivity contribution < 1.29 is 71.9 Å². The average molecular weight is 1210 g/mol. The predicted molar refractivity (Wildman–Crippen MR) is 329 cm³/mol. The van der Waals surface area contributed by atoms with Gasteiger partial charge in [-0.15, -0.1) is 0 Å². The monoisotopic (exact) mass is 1210 g/mol. The number of Topliss-reactive ketones (excluding diaryl/α,β-unsaturated/α-hetero) is 4. The fourth-order valence-corrected chi connectivity index (χ4v) is 9.67. The minimum atomic E-state index is -0.923. The Morgan fingerprint density at radius 3 is 1.24 bits per heavy atom. The predicted octanol–water partition coefficient (Wildman–Crippen LogP) is 4.66. The number of aliphatic carboxylic acids is 1. The first kappa shape index (κ1) is 72.2. The van der Waals surface area contributed by atoms with Crippen molar-refractivity contribution in [3.05, 3.63) is 131 Å². The summed E-state index contributed by atoms with van der Waals surface area (Å²) >= 11 is 0. The number of epoxide rings is 2. The normalized spacial score (nSPS) is 19.8. The Balaban J connectivity index is 0.000000320. The number of carbonyl (C=O) groups excluding carboxylic acids is 7. The first-order valence-electron chi connectivity index (χ1n) is 28.9. The summed E-state index contributed by atoms with van der Waals surface area (Å²) in [6.45, 7) is 12.9. The van der Waals surface area contributed by atoms with Crippen LogP contribution < -0.4 is 31.2 Å². The van der Waals surface area contributed by atoms with Crippen molar-refractivity contribution in [2.45, 2.75) is 116 Å².